The Morgan fingerprint density at radius 2 is 2.12 bits per heavy atom. The van der Waals surface area contributed by atoms with Gasteiger partial charge in [0.1, 0.15) is 6.04 Å². The minimum absolute atomic E-state index is 0.117. The van der Waals surface area contributed by atoms with Crippen molar-refractivity contribution in [3.05, 3.63) is 0 Å². The molecule has 3 amide bonds. The van der Waals surface area contributed by atoms with Crippen LogP contribution in [0.25, 0.3) is 0 Å². The van der Waals surface area contributed by atoms with Gasteiger partial charge in [0.05, 0.1) is 6.04 Å². The highest BCUT2D eigenvalue weighted by Crippen LogP contribution is 2.02. The van der Waals surface area contributed by atoms with Crippen molar-refractivity contribution in [3.8, 4) is 0 Å². The Labute approximate surface area is 98.9 Å². The number of rotatable bonds is 4. The highest BCUT2D eigenvalue weighted by atomic mass is 16.4. The molecule has 96 valence electrons. The van der Waals surface area contributed by atoms with Gasteiger partial charge < -0.3 is 21.1 Å². The second-order valence-corrected chi connectivity index (χ2v) is 4.38. The molecule has 0 saturated carbocycles. The fourth-order valence-electron chi connectivity index (χ4n) is 1.59. The normalized spacial score (nSPS) is 20.9. The van der Waals surface area contributed by atoms with Gasteiger partial charge in [0, 0.05) is 13.0 Å². The second-order valence-electron chi connectivity index (χ2n) is 4.38. The Morgan fingerprint density at radius 1 is 1.47 bits per heavy atom. The topological polar surface area (TPSA) is 108 Å². The maximum Gasteiger partial charge on any atom is 0.326 e. The molecule has 4 N–H and O–H groups in total. The SMILES string of the molecule is CC(C)[C@H](NC(=O)NC1CNC(=O)C1)C(=O)O. The summed E-state index contributed by atoms with van der Waals surface area (Å²) in [7, 11) is 0. The van der Waals surface area contributed by atoms with Crippen LogP contribution in [-0.4, -0.2) is 41.6 Å². The van der Waals surface area contributed by atoms with Crippen LogP contribution >= 0.6 is 0 Å². The van der Waals surface area contributed by atoms with E-state index in [4.69, 9.17) is 5.11 Å². The molecule has 0 spiro atoms. The molecule has 0 aromatic carbocycles. The van der Waals surface area contributed by atoms with Crippen LogP contribution in [0, 0.1) is 5.92 Å². The molecule has 1 rings (SSSR count). The summed E-state index contributed by atoms with van der Waals surface area (Å²) < 4.78 is 0. The Balaban J connectivity index is 2.42. The largest absolute Gasteiger partial charge is 0.480 e. The van der Waals surface area contributed by atoms with Crippen molar-refractivity contribution in [2.24, 2.45) is 5.92 Å². The first-order valence-corrected chi connectivity index (χ1v) is 5.46. The summed E-state index contributed by atoms with van der Waals surface area (Å²) in [6.45, 7) is 3.80. The van der Waals surface area contributed by atoms with Crippen LogP contribution < -0.4 is 16.0 Å². The van der Waals surface area contributed by atoms with E-state index in [9.17, 15) is 14.4 Å². The third kappa shape index (κ3) is 3.93. The van der Waals surface area contributed by atoms with Gasteiger partial charge in [-0.2, -0.15) is 0 Å². The van der Waals surface area contributed by atoms with Gasteiger partial charge in [-0.3, -0.25) is 4.79 Å². The predicted molar refractivity (Wildman–Crippen MR) is 59.3 cm³/mol. The Morgan fingerprint density at radius 3 is 2.53 bits per heavy atom. The van der Waals surface area contributed by atoms with Gasteiger partial charge in [-0.15, -0.1) is 0 Å². The van der Waals surface area contributed by atoms with Crippen molar-refractivity contribution in [2.45, 2.75) is 32.4 Å². The molecule has 7 heteroatoms. The molecule has 0 bridgehead atoms. The smallest absolute Gasteiger partial charge is 0.326 e. The monoisotopic (exact) mass is 243 g/mol. The van der Waals surface area contributed by atoms with Gasteiger partial charge in [-0.25, -0.2) is 9.59 Å². The highest BCUT2D eigenvalue weighted by Gasteiger charge is 2.27. The number of hydrogen-bond donors (Lipinski definition) is 4. The molecule has 17 heavy (non-hydrogen) atoms. The second kappa shape index (κ2) is 5.51. The van der Waals surface area contributed by atoms with E-state index in [1.54, 1.807) is 13.8 Å². The first-order valence-electron chi connectivity index (χ1n) is 5.46. The van der Waals surface area contributed by atoms with Crippen LogP contribution in [0.5, 0.6) is 0 Å². The average Bonchev–Trinajstić information content (AvgIpc) is 2.59. The lowest BCUT2D eigenvalue weighted by Crippen LogP contribution is -2.51. The van der Waals surface area contributed by atoms with Crippen LogP contribution in [0.2, 0.25) is 0 Å². The van der Waals surface area contributed by atoms with Crippen molar-refractivity contribution in [2.75, 3.05) is 6.54 Å². The number of amides is 3. The molecular weight excluding hydrogens is 226 g/mol. The summed E-state index contributed by atoms with van der Waals surface area (Å²) in [4.78, 5) is 33.3. The predicted octanol–water partition coefficient (Wildman–Crippen LogP) is -0.717. The Bertz CT molecular complexity index is 330. The van der Waals surface area contributed by atoms with Crippen LogP contribution in [0.1, 0.15) is 20.3 Å². The molecule has 1 fully saturated rings. The minimum Gasteiger partial charge on any atom is -0.480 e. The van der Waals surface area contributed by atoms with E-state index >= 15 is 0 Å². The standard InChI is InChI=1S/C10H17N3O4/c1-5(2)8(9(15)16)13-10(17)12-6-3-7(14)11-4-6/h5-6,8H,3-4H2,1-2H3,(H,11,14)(H,15,16)(H2,12,13,17)/t6?,8-/m0/s1. The molecule has 1 aliphatic heterocycles. The number of carboxylic acid groups (broad SMARTS) is 1. The van der Waals surface area contributed by atoms with Gasteiger partial charge in [0.25, 0.3) is 0 Å². The van der Waals surface area contributed by atoms with Crippen LogP contribution in [-0.2, 0) is 9.59 Å². The molecular formula is C10H17N3O4. The van der Waals surface area contributed by atoms with Gasteiger partial charge in [-0.05, 0) is 5.92 Å². The summed E-state index contributed by atoms with van der Waals surface area (Å²) >= 11 is 0. The Kier molecular flexibility index (Phi) is 4.30. The van der Waals surface area contributed by atoms with Gasteiger partial charge in [-0.1, -0.05) is 13.8 Å². The zero-order chi connectivity index (χ0) is 13.0. The lowest BCUT2D eigenvalue weighted by Gasteiger charge is -2.19. The third-order valence-electron chi connectivity index (χ3n) is 2.53. The zero-order valence-corrected chi connectivity index (χ0v) is 9.82. The van der Waals surface area contributed by atoms with Gasteiger partial charge in [0.15, 0.2) is 0 Å². The summed E-state index contributed by atoms with van der Waals surface area (Å²) in [5, 5.41) is 16.4. The number of hydrogen-bond acceptors (Lipinski definition) is 3. The average molecular weight is 243 g/mol. The fourth-order valence-corrected chi connectivity index (χ4v) is 1.59. The summed E-state index contributed by atoms with van der Waals surface area (Å²) in [5.74, 6) is -1.40. The molecule has 2 atom stereocenters. The molecule has 0 radical (unpaired) electrons. The third-order valence-corrected chi connectivity index (χ3v) is 2.53. The highest BCUT2D eigenvalue weighted by molar-refractivity contribution is 5.84. The van der Waals surface area contributed by atoms with Crippen molar-refractivity contribution < 1.29 is 19.5 Å². The number of carbonyl (C=O) groups excluding carboxylic acids is 2. The van der Waals surface area contributed by atoms with E-state index in [1.807, 2.05) is 0 Å². The first-order chi connectivity index (χ1) is 7.90. The number of nitrogens with one attached hydrogen (secondary N) is 3. The van der Waals surface area contributed by atoms with Crippen LogP contribution in [0.3, 0.4) is 0 Å². The van der Waals surface area contributed by atoms with Crippen LogP contribution in [0.4, 0.5) is 4.79 Å². The number of carboxylic acids is 1. The molecule has 1 saturated heterocycles. The summed E-state index contributed by atoms with van der Waals surface area (Å²) in [6, 6.07) is -1.77. The quantitative estimate of drug-likeness (QED) is 0.522. The molecule has 1 aliphatic rings. The first kappa shape index (κ1) is 13.3. The molecule has 7 nitrogen and oxygen atoms in total. The number of aliphatic carboxylic acids is 1. The summed E-state index contributed by atoms with van der Waals surface area (Å²) in [6.07, 6.45) is 0.229. The van der Waals surface area contributed by atoms with E-state index in [-0.39, 0.29) is 24.3 Å². The molecule has 1 heterocycles. The molecule has 0 aliphatic carbocycles. The summed E-state index contributed by atoms with van der Waals surface area (Å²) in [5.41, 5.74) is 0. The van der Waals surface area contributed by atoms with Gasteiger partial charge >= 0.3 is 12.0 Å². The van der Waals surface area contributed by atoms with E-state index in [0.29, 0.717) is 6.54 Å². The van der Waals surface area contributed by atoms with Crippen molar-refractivity contribution in [1.29, 1.82) is 0 Å². The Hall–Kier alpha value is -1.79. The molecule has 0 aromatic rings. The van der Waals surface area contributed by atoms with E-state index in [2.05, 4.69) is 16.0 Å². The lowest BCUT2D eigenvalue weighted by atomic mass is 10.1. The fraction of sp³-hybridized carbons (Fsp3) is 0.700. The van der Waals surface area contributed by atoms with Crippen LogP contribution in [0.15, 0.2) is 0 Å². The minimum atomic E-state index is -1.07. The lowest BCUT2D eigenvalue weighted by molar-refractivity contribution is -0.140. The van der Waals surface area contributed by atoms with E-state index in [1.165, 1.54) is 0 Å². The number of carbonyl (C=O) groups is 3. The maximum atomic E-state index is 11.5. The van der Waals surface area contributed by atoms with Gasteiger partial charge in [0.2, 0.25) is 5.91 Å². The van der Waals surface area contributed by atoms with E-state index in [0.717, 1.165) is 0 Å². The number of urea groups is 1. The van der Waals surface area contributed by atoms with E-state index < -0.39 is 18.0 Å². The maximum absolute atomic E-state index is 11.5. The van der Waals surface area contributed by atoms with Crippen molar-refractivity contribution in [1.82, 2.24) is 16.0 Å². The zero-order valence-electron chi connectivity index (χ0n) is 9.82. The molecule has 0 aromatic heterocycles. The molecule has 1 unspecified atom stereocenters. The van der Waals surface area contributed by atoms with Crippen molar-refractivity contribution >= 4 is 17.9 Å². The van der Waals surface area contributed by atoms with Crippen molar-refractivity contribution in [3.63, 3.8) is 0 Å².